The molecule has 15 nitrogen and oxygen atoms in total. The van der Waals surface area contributed by atoms with E-state index in [4.69, 9.17) is 19.8 Å². The van der Waals surface area contributed by atoms with Gasteiger partial charge in [-0.05, 0) is 89.2 Å². The molecule has 16 heteroatoms. The van der Waals surface area contributed by atoms with Gasteiger partial charge in [-0.25, -0.2) is 37.9 Å². The van der Waals surface area contributed by atoms with Crippen LogP contribution in [0.2, 0.25) is 0 Å². The number of carboxylic acid groups (broad SMARTS) is 2. The van der Waals surface area contributed by atoms with Gasteiger partial charge < -0.3 is 10.2 Å². The van der Waals surface area contributed by atoms with Gasteiger partial charge in [0.05, 0.1) is 0 Å². The molecule has 4 heterocycles. The Kier molecular flexibility index (Phi) is 15.1. The summed E-state index contributed by atoms with van der Waals surface area (Å²) in [5, 5.41) is 15.5. The fourth-order valence-corrected chi connectivity index (χ4v) is 6.85. The van der Waals surface area contributed by atoms with E-state index in [0.717, 1.165) is 35.2 Å². The molecule has 0 saturated carbocycles. The Balaban J connectivity index is 0.000000280. The van der Waals surface area contributed by atoms with Gasteiger partial charge in [0.1, 0.15) is 11.6 Å². The second-order valence-electron chi connectivity index (χ2n) is 12.8. The number of aromatic nitrogens is 6. The van der Waals surface area contributed by atoms with Crippen LogP contribution in [0.1, 0.15) is 67.7 Å². The van der Waals surface area contributed by atoms with Crippen LogP contribution >= 0.6 is 15.9 Å². The molecule has 2 unspecified atom stereocenters. The largest absolute Gasteiger partial charge is 0.473 e. The minimum absolute atomic E-state index is 0.259. The molecule has 2 saturated heterocycles. The number of aryl methyl sites for hydroxylation is 4. The van der Waals surface area contributed by atoms with E-state index in [1.54, 1.807) is 27.9 Å². The van der Waals surface area contributed by atoms with Crippen LogP contribution in [0.25, 0.3) is 0 Å². The first kappa shape index (κ1) is 40.3. The average Bonchev–Trinajstić information content (AvgIpc) is 3.30. The number of benzene rings is 1. The Bertz CT molecular complexity index is 1860. The third-order valence-electron chi connectivity index (χ3n) is 9.54. The molecular weight excluding hydrogens is 714 g/mol. The van der Waals surface area contributed by atoms with Crippen molar-refractivity contribution in [2.75, 3.05) is 11.9 Å². The monoisotopic (exact) mass is 761 g/mol. The first-order valence-corrected chi connectivity index (χ1v) is 17.9. The van der Waals surface area contributed by atoms with Crippen LogP contribution in [-0.2, 0) is 43.2 Å². The Morgan fingerprint density at radius 3 is 1.72 bits per heavy atom. The zero-order chi connectivity index (χ0) is 37.1. The zero-order valence-electron chi connectivity index (χ0n) is 29.4. The standard InChI is InChI=1S/C24H34N4O2.C8H12BrN3O2.C2H2O4/c1-17-7-4-5-8-20(17)10-9-19-15-21-11-12-22(16-19)27(21)13-6-14-28-23(29)25-18(2)26(3)24(28)30;1-6-10-7(13)12(5-3-4-9)8(14)11(6)2;3-1(4)2(5)6/h4-5,7-8,19,21-22H,6,9-16H2,1-3H3;3-5H2,1-2H3;(H,3,4)(H,5,6). The van der Waals surface area contributed by atoms with Crippen molar-refractivity contribution in [1.82, 2.24) is 33.1 Å². The molecule has 2 atom stereocenters. The van der Waals surface area contributed by atoms with Crippen LogP contribution in [0.3, 0.4) is 0 Å². The van der Waals surface area contributed by atoms with Crippen molar-refractivity contribution in [3.05, 3.63) is 89.0 Å². The minimum Gasteiger partial charge on any atom is -0.473 e. The van der Waals surface area contributed by atoms with Gasteiger partial charge in [0.2, 0.25) is 0 Å². The molecule has 2 bridgehead atoms. The van der Waals surface area contributed by atoms with Crippen molar-refractivity contribution < 1.29 is 19.8 Å². The van der Waals surface area contributed by atoms with E-state index < -0.39 is 23.3 Å². The Labute approximate surface area is 298 Å². The first-order valence-electron chi connectivity index (χ1n) is 16.8. The highest BCUT2D eigenvalue weighted by Gasteiger charge is 2.39. The predicted molar refractivity (Wildman–Crippen MR) is 191 cm³/mol. The Morgan fingerprint density at radius 1 is 0.780 bits per heavy atom. The summed E-state index contributed by atoms with van der Waals surface area (Å²) in [5.74, 6) is -1.93. The van der Waals surface area contributed by atoms with Crippen molar-refractivity contribution in [3.8, 4) is 0 Å². The number of piperidine rings is 1. The number of rotatable bonds is 10. The number of carboxylic acids is 2. The number of carbonyl (C=O) groups is 2. The second kappa shape index (κ2) is 18.7. The number of halogens is 1. The number of alkyl halides is 1. The van der Waals surface area contributed by atoms with Crippen LogP contribution in [-0.4, -0.2) is 79.2 Å². The van der Waals surface area contributed by atoms with Crippen LogP contribution in [0, 0.1) is 26.7 Å². The second-order valence-corrected chi connectivity index (χ2v) is 13.6. The molecule has 50 heavy (non-hydrogen) atoms. The maximum absolute atomic E-state index is 12.4. The molecule has 2 fully saturated rings. The SMILES string of the molecule is Cc1ccccc1CCC1CC2CCC(C1)N2CCCn1c(=O)nc(C)n(C)c1=O.Cc1nc(=O)n(CCCBr)c(=O)n1C.O=C(O)C(=O)O. The van der Waals surface area contributed by atoms with Gasteiger partial charge in [0.15, 0.2) is 0 Å². The van der Waals surface area contributed by atoms with E-state index in [1.807, 2.05) is 0 Å². The van der Waals surface area contributed by atoms with Crippen LogP contribution in [0.4, 0.5) is 0 Å². The summed E-state index contributed by atoms with van der Waals surface area (Å²) in [7, 11) is 3.28. The van der Waals surface area contributed by atoms with Gasteiger partial charge >= 0.3 is 34.7 Å². The lowest BCUT2D eigenvalue weighted by Gasteiger charge is -2.39. The molecule has 5 rings (SSSR count). The molecule has 0 aliphatic carbocycles. The van der Waals surface area contributed by atoms with E-state index in [9.17, 15) is 19.2 Å². The molecule has 3 aromatic rings. The van der Waals surface area contributed by atoms with Crippen LogP contribution < -0.4 is 22.8 Å². The molecule has 2 aromatic heterocycles. The predicted octanol–water partition coefficient (Wildman–Crippen LogP) is 2.02. The van der Waals surface area contributed by atoms with Crippen molar-refractivity contribution in [1.29, 1.82) is 0 Å². The number of fused-ring (bicyclic) bond motifs is 2. The summed E-state index contributed by atoms with van der Waals surface area (Å²) in [6, 6.07) is 10.1. The van der Waals surface area contributed by atoms with E-state index >= 15 is 0 Å². The van der Waals surface area contributed by atoms with Gasteiger partial charge in [0.25, 0.3) is 0 Å². The molecule has 0 spiro atoms. The molecule has 0 radical (unpaired) electrons. The van der Waals surface area contributed by atoms with E-state index in [1.165, 1.54) is 63.4 Å². The van der Waals surface area contributed by atoms with Crippen LogP contribution in [0.15, 0.2) is 43.4 Å². The summed E-state index contributed by atoms with van der Waals surface area (Å²) in [6.07, 6.45) is 9.18. The normalized spacial score (nSPS) is 18.1. The van der Waals surface area contributed by atoms with Gasteiger partial charge in [-0.3, -0.25) is 14.0 Å². The average molecular weight is 763 g/mol. The number of hydrogen-bond acceptors (Lipinski definition) is 9. The van der Waals surface area contributed by atoms with Crippen molar-refractivity contribution in [2.45, 2.75) is 97.3 Å². The molecule has 274 valence electrons. The summed E-state index contributed by atoms with van der Waals surface area (Å²) in [4.78, 5) is 76.0. The zero-order valence-corrected chi connectivity index (χ0v) is 31.0. The number of aliphatic carboxylic acids is 2. The number of hydrogen-bond donors (Lipinski definition) is 2. The Morgan fingerprint density at radius 2 is 1.26 bits per heavy atom. The smallest absolute Gasteiger partial charge is 0.414 e. The molecule has 2 aliphatic rings. The summed E-state index contributed by atoms with van der Waals surface area (Å²) in [6.45, 7) is 7.36. The summed E-state index contributed by atoms with van der Waals surface area (Å²) < 4.78 is 5.25. The molecule has 2 N–H and O–H groups in total. The van der Waals surface area contributed by atoms with Crippen molar-refractivity contribution in [3.63, 3.8) is 0 Å². The van der Waals surface area contributed by atoms with Crippen LogP contribution in [0.5, 0.6) is 0 Å². The van der Waals surface area contributed by atoms with Gasteiger partial charge in [-0.15, -0.1) is 0 Å². The molecular formula is C34H48BrN7O8. The highest BCUT2D eigenvalue weighted by atomic mass is 79.9. The maximum Gasteiger partial charge on any atom is 0.414 e. The molecule has 0 amide bonds. The lowest BCUT2D eigenvalue weighted by atomic mass is 9.85. The highest BCUT2D eigenvalue weighted by molar-refractivity contribution is 9.09. The molecule has 2 aliphatic heterocycles. The minimum atomic E-state index is -1.82. The Hall–Kier alpha value is -4.18. The quantitative estimate of drug-likeness (QED) is 0.227. The fraction of sp³-hybridized carbons (Fsp3) is 0.588. The lowest BCUT2D eigenvalue weighted by Crippen LogP contribution is -2.45. The summed E-state index contributed by atoms with van der Waals surface area (Å²) >= 11 is 3.24. The third-order valence-corrected chi connectivity index (χ3v) is 10.1. The van der Waals surface area contributed by atoms with Gasteiger partial charge in [-0.2, -0.15) is 9.97 Å². The number of nitrogens with zero attached hydrogens (tertiary/aromatic N) is 7. The topological polar surface area (TPSA) is 192 Å². The highest BCUT2D eigenvalue weighted by Crippen LogP contribution is 2.40. The maximum atomic E-state index is 12.4. The fourth-order valence-electron chi connectivity index (χ4n) is 6.60. The lowest BCUT2D eigenvalue weighted by molar-refractivity contribution is -0.159. The van der Waals surface area contributed by atoms with E-state index in [-0.39, 0.29) is 11.4 Å². The van der Waals surface area contributed by atoms with Gasteiger partial charge in [0, 0.05) is 51.1 Å². The third kappa shape index (κ3) is 10.7. The summed E-state index contributed by atoms with van der Waals surface area (Å²) in [5.41, 5.74) is 1.45. The van der Waals surface area contributed by atoms with E-state index in [0.29, 0.717) is 36.8 Å². The van der Waals surface area contributed by atoms with Gasteiger partial charge in [-0.1, -0.05) is 40.2 Å². The van der Waals surface area contributed by atoms with Crippen molar-refractivity contribution >= 4 is 27.9 Å². The van der Waals surface area contributed by atoms with E-state index in [2.05, 4.69) is 62.0 Å². The molecule has 1 aromatic carbocycles. The van der Waals surface area contributed by atoms with Crippen molar-refractivity contribution in [2.24, 2.45) is 20.0 Å². The first-order chi connectivity index (χ1) is 23.7.